The summed E-state index contributed by atoms with van der Waals surface area (Å²) >= 11 is 0. The van der Waals surface area contributed by atoms with Crippen molar-refractivity contribution in [3.63, 3.8) is 0 Å². The van der Waals surface area contributed by atoms with Gasteiger partial charge in [-0.15, -0.1) is 0 Å². The first kappa shape index (κ1) is 12.2. The van der Waals surface area contributed by atoms with E-state index >= 15 is 0 Å². The van der Waals surface area contributed by atoms with E-state index in [1.807, 2.05) is 6.26 Å². The van der Waals surface area contributed by atoms with Crippen LogP contribution < -0.4 is 5.32 Å². The molecule has 0 radical (unpaired) electrons. The van der Waals surface area contributed by atoms with Gasteiger partial charge in [-0.2, -0.15) is 0 Å². The Bertz CT molecular complexity index is 388. The summed E-state index contributed by atoms with van der Waals surface area (Å²) in [6, 6.07) is 3.38. The van der Waals surface area contributed by atoms with Gasteiger partial charge in [0.15, 0.2) is 0 Å². The van der Waals surface area contributed by atoms with Crippen molar-refractivity contribution in [1.82, 2.24) is 10.2 Å². The predicted octanol–water partition coefficient (Wildman–Crippen LogP) is 2.73. The van der Waals surface area contributed by atoms with E-state index in [9.17, 15) is 0 Å². The number of hydrogen-bond donors (Lipinski definition) is 1. The fraction of sp³-hybridized carbons (Fsp3) is 0.733. The van der Waals surface area contributed by atoms with E-state index in [1.165, 1.54) is 50.0 Å². The molecule has 2 aliphatic rings. The van der Waals surface area contributed by atoms with Crippen LogP contribution in [0, 0.1) is 0 Å². The molecule has 1 aliphatic carbocycles. The minimum absolute atomic E-state index is 0.517. The molecule has 1 fully saturated rings. The van der Waals surface area contributed by atoms with Gasteiger partial charge in [-0.1, -0.05) is 6.42 Å². The predicted molar refractivity (Wildman–Crippen MR) is 72.7 cm³/mol. The fourth-order valence-corrected chi connectivity index (χ4v) is 3.38. The third-order valence-corrected chi connectivity index (χ3v) is 4.57. The average Bonchev–Trinajstić information content (AvgIpc) is 2.86. The fourth-order valence-electron chi connectivity index (χ4n) is 3.38. The smallest absolute Gasteiger partial charge is 0.108 e. The summed E-state index contributed by atoms with van der Waals surface area (Å²) in [4.78, 5) is 2.51. The molecule has 1 aliphatic heterocycles. The SMILES string of the molecule is CN1CCCCC1CNC1CCCc2occc21. The molecule has 1 saturated heterocycles. The zero-order chi connectivity index (χ0) is 12.4. The lowest BCUT2D eigenvalue weighted by Gasteiger charge is -2.34. The monoisotopic (exact) mass is 248 g/mol. The van der Waals surface area contributed by atoms with Gasteiger partial charge < -0.3 is 14.6 Å². The second-order valence-corrected chi connectivity index (χ2v) is 5.78. The molecule has 1 aromatic rings. The molecule has 3 heteroatoms. The lowest BCUT2D eigenvalue weighted by atomic mass is 9.93. The number of nitrogens with zero attached hydrogens (tertiary/aromatic N) is 1. The minimum Gasteiger partial charge on any atom is -0.469 e. The molecule has 0 saturated carbocycles. The number of hydrogen-bond acceptors (Lipinski definition) is 3. The van der Waals surface area contributed by atoms with Crippen molar-refractivity contribution < 1.29 is 4.42 Å². The van der Waals surface area contributed by atoms with Gasteiger partial charge in [0.1, 0.15) is 5.76 Å². The molecule has 100 valence electrons. The standard InChI is InChI=1S/C15H24N2O/c1-17-9-3-2-5-12(17)11-16-14-6-4-7-15-13(14)8-10-18-15/h8,10,12,14,16H,2-7,9,11H2,1H3. The van der Waals surface area contributed by atoms with E-state index in [2.05, 4.69) is 23.3 Å². The molecule has 3 nitrogen and oxygen atoms in total. The van der Waals surface area contributed by atoms with Crippen LogP contribution in [-0.4, -0.2) is 31.1 Å². The van der Waals surface area contributed by atoms with Crippen molar-refractivity contribution in [3.05, 3.63) is 23.7 Å². The molecule has 1 N–H and O–H groups in total. The highest BCUT2D eigenvalue weighted by atomic mass is 16.3. The van der Waals surface area contributed by atoms with Gasteiger partial charge in [-0.3, -0.25) is 0 Å². The quantitative estimate of drug-likeness (QED) is 0.891. The van der Waals surface area contributed by atoms with Crippen molar-refractivity contribution in [1.29, 1.82) is 0 Å². The van der Waals surface area contributed by atoms with Crippen molar-refractivity contribution in [3.8, 4) is 0 Å². The Morgan fingerprint density at radius 1 is 1.33 bits per heavy atom. The van der Waals surface area contributed by atoms with Crippen LogP contribution in [0.15, 0.2) is 16.7 Å². The number of fused-ring (bicyclic) bond motifs is 1. The summed E-state index contributed by atoms with van der Waals surface area (Å²) in [5.41, 5.74) is 1.40. The molecule has 18 heavy (non-hydrogen) atoms. The second kappa shape index (κ2) is 5.45. The highest BCUT2D eigenvalue weighted by Gasteiger charge is 2.24. The summed E-state index contributed by atoms with van der Waals surface area (Å²) in [5.74, 6) is 1.20. The highest BCUT2D eigenvalue weighted by Crippen LogP contribution is 2.30. The molecular weight excluding hydrogens is 224 g/mol. The van der Waals surface area contributed by atoms with Gasteiger partial charge in [-0.05, 0) is 45.3 Å². The number of likely N-dealkylation sites (N-methyl/N-ethyl adjacent to an activating group) is 1. The number of aryl methyl sites for hydroxylation is 1. The Balaban J connectivity index is 1.58. The summed E-state index contributed by atoms with van der Waals surface area (Å²) in [6.07, 6.45) is 9.55. The molecule has 0 aromatic carbocycles. The lowest BCUT2D eigenvalue weighted by molar-refractivity contribution is 0.176. The third kappa shape index (κ3) is 2.47. The van der Waals surface area contributed by atoms with Crippen LogP contribution in [0.4, 0.5) is 0 Å². The Kier molecular flexibility index (Phi) is 3.71. The Hall–Kier alpha value is -0.800. The molecule has 0 spiro atoms. The Morgan fingerprint density at radius 3 is 3.17 bits per heavy atom. The van der Waals surface area contributed by atoms with Crippen LogP contribution >= 0.6 is 0 Å². The number of likely N-dealkylation sites (tertiary alicyclic amines) is 1. The maximum atomic E-state index is 5.55. The molecule has 3 rings (SSSR count). The first-order valence-corrected chi connectivity index (χ1v) is 7.34. The Morgan fingerprint density at radius 2 is 2.28 bits per heavy atom. The highest BCUT2D eigenvalue weighted by molar-refractivity contribution is 5.24. The minimum atomic E-state index is 0.517. The van der Waals surface area contributed by atoms with E-state index in [0.29, 0.717) is 6.04 Å². The lowest BCUT2D eigenvalue weighted by Crippen LogP contribution is -2.44. The number of piperidine rings is 1. The normalized spacial score (nSPS) is 29.2. The van der Waals surface area contributed by atoms with E-state index in [4.69, 9.17) is 4.42 Å². The second-order valence-electron chi connectivity index (χ2n) is 5.78. The molecule has 0 amide bonds. The molecule has 0 bridgehead atoms. The van der Waals surface area contributed by atoms with Crippen molar-refractivity contribution in [2.45, 2.75) is 50.6 Å². The zero-order valence-electron chi connectivity index (χ0n) is 11.3. The van der Waals surface area contributed by atoms with Crippen LogP contribution in [0.3, 0.4) is 0 Å². The number of nitrogens with one attached hydrogen (secondary N) is 1. The van der Waals surface area contributed by atoms with Gasteiger partial charge in [0.25, 0.3) is 0 Å². The summed E-state index contributed by atoms with van der Waals surface area (Å²) in [5, 5.41) is 3.76. The zero-order valence-corrected chi connectivity index (χ0v) is 11.3. The first-order chi connectivity index (χ1) is 8.84. The van der Waals surface area contributed by atoms with Crippen molar-refractivity contribution in [2.75, 3.05) is 20.1 Å². The average molecular weight is 248 g/mol. The van der Waals surface area contributed by atoms with Crippen molar-refractivity contribution in [2.24, 2.45) is 0 Å². The van der Waals surface area contributed by atoms with Gasteiger partial charge in [0, 0.05) is 30.6 Å². The van der Waals surface area contributed by atoms with Crippen molar-refractivity contribution >= 4 is 0 Å². The number of furan rings is 1. The van der Waals surface area contributed by atoms with Crippen LogP contribution in [0.5, 0.6) is 0 Å². The molecule has 2 atom stereocenters. The largest absolute Gasteiger partial charge is 0.469 e. The van der Waals surface area contributed by atoms with Gasteiger partial charge in [0.05, 0.1) is 6.26 Å². The summed E-state index contributed by atoms with van der Waals surface area (Å²) in [7, 11) is 2.26. The maximum Gasteiger partial charge on any atom is 0.108 e. The molecule has 1 aromatic heterocycles. The van der Waals surface area contributed by atoms with Crippen LogP contribution in [0.1, 0.15) is 49.5 Å². The van der Waals surface area contributed by atoms with Gasteiger partial charge in [-0.25, -0.2) is 0 Å². The molecule has 2 heterocycles. The maximum absolute atomic E-state index is 5.55. The van der Waals surface area contributed by atoms with E-state index < -0.39 is 0 Å². The van der Waals surface area contributed by atoms with Gasteiger partial charge >= 0.3 is 0 Å². The summed E-state index contributed by atoms with van der Waals surface area (Å²) < 4.78 is 5.55. The molecular formula is C15H24N2O. The van der Waals surface area contributed by atoms with Crippen LogP contribution in [0.25, 0.3) is 0 Å². The number of rotatable bonds is 3. The van der Waals surface area contributed by atoms with Crippen LogP contribution in [-0.2, 0) is 6.42 Å². The van der Waals surface area contributed by atoms with E-state index in [1.54, 1.807) is 0 Å². The van der Waals surface area contributed by atoms with E-state index in [0.717, 1.165) is 19.0 Å². The van der Waals surface area contributed by atoms with Gasteiger partial charge in [0.2, 0.25) is 0 Å². The Labute approximate surface area is 110 Å². The summed E-state index contributed by atoms with van der Waals surface area (Å²) in [6.45, 7) is 2.37. The van der Waals surface area contributed by atoms with E-state index in [-0.39, 0.29) is 0 Å². The first-order valence-electron chi connectivity index (χ1n) is 7.34. The molecule has 2 unspecified atom stereocenters. The third-order valence-electron chi connectivity index (χ3n) is 4.57. The van der Waals surface area contributed by atoms with Crippen LogP contribution in [0.2, 0.25) is 0 Å². The topological polar surface area (TPSA) is 28.4 Å².